The van der Waals surface area contributed by atoms with Crippen molar-refractivity contribution in [2.75, 3.05) is 13.1 Å². The predicted molar refractivity (Wildman–Crippen MR) is 132 cm³/mol. The van der Waals surface area contributed by atoms with Crippen molar-refractivity contribution in [3.63, 3.8) is 0 Å². The first-order valence-electron chi connectivity index (χ1n) is 11.7. The summed E-state index contributed by atoms with van der Waals surface area (Å²) in [7, 11) is 1.97. The van der Waals surface area contributed by atoms with Crippen molar-refractivity contribution >= 4 is 35.7 Å². The van der Waals surface area contributed by atoms with E-state index in [2.05, 4.69) is 33.4 Å². The Kier molecular flexibility index (Phi) is 5.62. The van der Waals surface area contributed by atoms with Crippen LogP contribution in [0.4, 0.5) is 5.82 Å². The third kappa shape index (κ3) is 3.99. The highest BCUT2D eigenvalue weighted by atomic mass is 16.2. The van der Waals surface area contributed by atoms with Gasteiger partial charge in [0.05, 0.1) is 11.3 Å². The van der Waals surface area contributed by atoms with Gasteiger partial charge in [-0.3, -0.25) is 4.79 Å². The van der Waals surface area contributed by atoms with Gasteiger partial charge < -0.3 is 19.8 Å². The fourth-order valence-corrected chi connectivity index (χ4v) is 4.77. The van der Waals surface area contributed by atoms with Gasteiger partial charge in [-0.05, 0) is 57.4 Å². The summed E-state index contributed by atoms with van der Waals surface area (Å²) in [4.78, 5) is 28.8. The van der Waals surface area contributed by atoms with Gasteiger partial charge in [0.1, 0.15) is 11.3 Å². The predicted octanol–water partition coefficient (Wildman–Crippen LogP) is 3.78. The number of nitrogens with two attached hydrogens (primary N) is 1. The Morgan fingerprint density at radius 1 is 1.33 bits per heavy atom. The van der Waals surface area contributed by atoms with E-state index in [-0.39, 0.29) is 11.9 Å². The molecule has 5 rings (SSSR count). The highest BCUT2D eigenvalue weighted by Gasteiger charge is 2.27. The van der Waals surface area contributed by atoms with Crippen LogP contribution in [0.3, 0.4) is 0 Å². The lowest BCUT2D eigenvalue weighted by atomic mass is 10.1. The van der Waals surface area contributed by atoms with E-state index in [0.29, 0.717) is 23.5 Å². The number of likely N-dealkylation sites (tertiary alicyclic amines) is 1. The number of rotatable bonds is 6. The van der Waals surface area contributed by atoms with Crippen molar-refractivity contribution in [3.8, 4) is 11.5 Å². The highest BCUT2D eigenvalue weighted by molar-refractivity contribution is 5.96. The lowest BCUT2D eigenvalue weighted by Crippen LogP contribution is -2.45. The molecule has 1 atom stereocenters. The summed E-state index contributed by atoms with van der Waals surface area (Å²) in [5.41, 5.74) is 10.1. The number of hydrogen-bond donors (Lipinski definition) is 1. The Morgan fingerprint density at radius 3 is 2.85 bits per heavy atom. The smallest absolute Gasteiger partial charge is 0.255 e. The maximum atomic E-state index is 13.1. The minimum Gasteiger partial charge on any atom is -0.337 e. The van der Waals surface area contributed by atoms with E-state index in [1.165, 1.54) is 12.8 Å². The average Bonchev–Trinajstić information content (AvgIpc) is 3.49. The zero-order valence-corrected chi connectivity index (χ0v) is 19.4. The second-order valence-corrected chi connectivity index (χ2v) is 9.24. The largest absolute Gasteiger partial charge is 0.337 e. The van der Waals surface area contributed by atoms with Gasteiger partial charge in [0.25, 0.3) is 5.91 Å². The molecule has 8 nitrogen and oxygen atoms in total. The Bertz CT molecular complexity index is 1250. The molecule has 3 aromatic heterocycles. The number of nitrogens with zero attached hydrogens (tertiary/aromatic N) is 6. The monoisotopic (exact) mass is 445 g/mol. The number of carbonyl (C=O) groups is 1. The Labute approximate surface area is 193 Å². The molecule has 33 heavy (non-hydrogen) atoms. The average molecular weight is 446 g/mol. The van der Waals surface area contributed by atoms with E-state index in [9.17, 15) is 4.79 Å². The molecular weight excluding hydrogens is 414 g/mol. The lowest BCUT2D eigenvalue weighted by Gasteiger charge is -2.30. The van der Waals surface area contributed by atoms with E-state index >= 15 is 0 Å². The number of piperidine rings is 1. The normalized spacial score (nSPS) is 19.0. The molecule has 0 unspecified atom stereocenters. The van der Waals surface area contributed by atoms with Crippen molar-refractivity contribution in [2.45, 2.75) is 45.2 Å². The Hall–Kier alpha value is -3.26. The van der Waals surface area contributed by atoms with Crippen LogP contribution in [0.25, 0.3) is 28.8 Å². The van der Waals surface area contributed by atoms with Crippen molar-refractivity contribution in [1.82, 2.24) is 24.0 Å². The minimum atomic E-state index is -0.0302. The van der Waals surface area contributed by atoms with Crippen LogP contribution in [0.5, 0.6) is 0 Å². The fraction of sp³-hybridized carbons (Fsp3) is 0.440. The summed E-state index contributed by atoms with van der Waals surface area (Å²) in [6.07, 6.45) is 10.1. The number of aromatic nitrogens is 4. The number of pyridine rings is 1. The topological polar surface area (TPSA) is 94.3 Å². The molecule has 2 aliphatic rings. The van der Waals surface area contributed by atoms with Crippen LogP contribution in [-0.4, -0.2) is 55.8 Å². The van der Waals surface area contributed by atoms with Gasteiger partial charge in [-0.25, -0.2) is 15.0 Å². The van der Waals surface area contributed by atoms with Crippen LogP contribution < -0.4 is 5.73 Å². The molecule has 2 fully saturated rings. The molecule has 3 aromatic rings. The molecule has 0 spiro atoms. The molecule has 1 saturated carbocycles. The van der Waals surface area contributed by atoms with E-state index in [4.69, 9.17) is 10.7 Å². The van der Waals surface area contributed by atoms with E-state index in [0.717, 1.165) is 54.5 Å². The standard InChI is InChI=1S/C25H31N7O/c1-4-6-17-12-21(32(22(17)27-2)14-16-8-9-16)24-29-20-11-18(13-28-23(20)30(24)3)25(33)31-10-5-7-19(26)15-31/h4,6,11-13,16,19H,2,5,7-10,14-15,26H2,1,3H3/b6-4-/t19-/m1/s1. The first-order chi connectivity index (χ1) is 16.0. The summed E-state index contributed by atoms with van der Waals surface area (Å²) >= 11 is 0. The first kappa shape index (κ1) is 21.6. The molecule has 0 radical (unpaired) electrons. The molecule has 8 heteroatoms. The van der Waals surface area contributed by atoms with Gasteiger partial charge in [0, 0.05) is 44.5 Å². The zero-order valence-electron chi connectivity index (χ0n) is 19.4. The molecule has 1 saturated heterocycles. The third-order valence-corrected chi connectivity index (χ3v) is 6.66. The number of amides is 1. The van der Waals surface area contributed by atoms with Crippen molar-refractivity contribution in [1.29, 1.82) is 0 Å². The Balaban J connectivity index is 1.56. The summed E-state index contributed by atoms with van der Waals surface area (Å²) in [6, 6.07) is 4.01. The minimum absolute atomic E-state index is 0.0302. The van der Waals surface area contributed by atoms with Gasteiger partial charge in [0.2, 0.25) is 0 Å². The van der Waals surface area contributed by atoms with Crippen LogP contribution in [0.2, 0.25) is 0 Å². The second-order valence-electron chi connectivity index (χ2n) is 9.24. The number of carbonyl (C=O) groups excluding carboxylic acids is 1. The molecule has 0 aromatic carbocycles. The summed E-state index contributed by atoms with van der Waals surface area (Å²) in [5, 5.41) is 0. The van der Waals surface area contributed by atoms with Gasteiger partial charge in [0.15, 0.2) is 11.5 Å². The number of imidazole rings is 1. The lowest BCUT2D eigenvalue weighted by molar-refractivity contribution is 0.0708. The van der Waals surface area contributed by atoms with Crippen LogP contribution in [-0.2, 0) is 13.6 Å². The van der Waals surface area contributed by atoms with Crippen LogP contribution in [0.15, 0.2) is 29.4 Å². The van der Waals surface area contributed by atoms with Gasteiger partial charge in [-0.15, -0.1) is 0 Å². The molecule has 1 aliphatic heterocycles. The van der Waals surface area contributed by atoms with Crippen LogP contribution in [0.1, 0.15) is 48.5 Å². The van der Waals surface area contributed by atoms with Crippen molar-refractivity contribution < 1.29 is 4.79 Å². The maximum Gasteiger partial charge on any atom is 0.255 e. The molecule has 1 aliphatic carbocycles. The molecule has 4 heterocycles. The Morgan fingerprint density at radius 2 is 2.15 bits per heavy atom. The van der Waals surface area contributed by atoms with E-state index in [1.807, 2.05) is 35.6 Å². The fourth-order valence-electron chi connectivity index (χ4n) is 4.77. The highest BCUT2D eigenvalue weighted by Crippen LogP contribution is 2.38. The van der Waals surface area contributed by atoms with Gasteiger partial charge in [-0.2, -0.15) is 0 Å². The molecule has 2 N–H and O–H groups in total. The van der Waals surface area contributed by atoms with Crippen LogP contribution in [0, 0.1) is 5.92 Å². The molecule has 1 amide bonds. The molecule has 172 valence electrons. The van der Waals surface area contributed by atoms with Crippen LogP contribution >= 0.6 is 0 Å². The van der Waals surface area contributed by atoms with Crippen molar-refractivity contribution in [3.05, 3.63) is 35.5 Å². The first-order valence-corrected chi connectivity index (χ1v) is 11.7. The molecule has 0 bridgehead atoms. The van der Waals surface area contributed by atoms with E-state index < -0.39 is 0 Å². The summed E-state index contributed by atoms with van der Waals surface area (Å²) in [6.45, 7) is 8.04. The number of allylic oxidation sites excluding steroid dienone is 1. The van der Waals surface area contributed by atoms with E-state index in [1.54, 1.807) is 6.20 Å². The maximum absolute atomic E-state index is 13.1. The van der Waals surface area contributed by atoms with Gasteiger partial charge in [-0.1, -0.05) is 12.2 Å². The number of aryl methyl sites for hydroxylation is 1. The number of hydrogen-bond acceptors (Lipinski definition) is 5. The third-order valence-electron chi connectivity index (χ3n) is 6.66. The number of aliphatic imine (C=N–C) groups is 1. The summed E-state index contributed by atoms with van der Waals surface area (Å²) < 4.78 is 4.22. The summed E-state index contributed by atoms with van der Waals surface area (Å²) in [5.74, 6) is 2.32. The second kappa shape index (κ2) is 8.59. The van der Waals surface area contributed by atoms with Crippen molar-refractivity contribution in [2.24, 2.45) is 23.7 Å². The molecular formula is C25H31N7O. The number of fused-ring (bicyclic) bond motifs is 1. The SMILES string of the molecule is C=Nc1c(/C=C\C)cc(-c2nc3cc(C(=O)N4CCC[C@@H](N)C4)cnc3n2C)n1CC1CC1. The zero-order chi connectivity index (χ0) is 23.1. The quantitative estimate of drug-likeness (QED) is 0.584. The van der Waals surface area contributed by atoms with Gasteiger partial charge >= 0.3 is 0 Å².